The van der Waals surface area contributed by atoms with Crippen molar-refractivity contribution in [2.75, 3.05) is 0 Å². The van der Waals surface area contributed by atoms with E-state index >= 15 is 0 Å². The SMILES string of the molecule is Cc1ccccc1CS(=O)(=O)NCc1nnc(-c2cccs2)o1. The summed E-state index contributed by atoms with van der Waals surface area (Å²) in [5.41, 5.74) is 1.71. The fourth-order valence-electron chi connectivity index (χ4n) is 2.02. The Kier molecular flexibility index (Phi) is 4.56. The van der Waals surface area contributed by atoms with Crippen molar-refractivity contribution in [1.29, 1.82) is 0 Å². The number of rotatable bonds is 6. The van der Waals surface area contributed by atoms with Gasteiger partial charge >= 0.3 is 0 Å². The first kappa shape index (κ1) is 15.9. The lowest BCUT2D eigenvalue weighted by Crippen LogP contribution is -2.25. The summed E-state index contributed by atoms with van der Waals surface area (Å²) in [5.74, 6) is 0.556. The van der Waals surface area contributed by atoms with Crippen LogP contribution in [0.25, 0.3) is 10.8 Å². The average Bonchev–Trinajstić information content (AvgIpc) is 3.18. The molecule has 120 valence electrons. The Morgan fingerprint density at radius 2 is 2.00 bits per heavy atom. The summed E-state index contributed by atoms with van der Waals surface area (Å²) >= 11 is 1.48. The van der Waals surface area contributed by atoms with Gasteiger partial charge in [-0.3, -0.25) is 0 Å². The number of aryl methyl sites for hydroxylation is 1. The van der Waals surface area contributed by atoms with Crippen molar-refractivity contribution < 1.29 is 12.8 Å². The predicted molar refractivity (Wildman–Crippen MR) is 88.3 cm³/mol. The third-order valence-electron chi connectivity index (χ3n) is 3.25. The minimum atomic E-state index is -3.48. The summed E-state index contributed by atoms with van der Waals surface area (Å²) in [6, 6.07) is 11.1. The van der Waals surface area contributed by atoms with Crippen LogP contribution in [0.5, 0.6) is 0 Å². The van der Waals surface area contributed by atoms with Gasteiger partial charge in [0, 0.05) is 0 Å². The number of nitrogens with zero attached hydrogens (tertiary/aromatic N) is 2. The molecule has 8 heteroatoms. The topological polar surface area (TPSA) is 85.1 Å². The molecular formula is C15H15N3O3S2. The zero-order valence-corrected chi connectivity index (χ0v) is 14.0. The number of hydrogen-bond donors (Lipinski definition) is 1. The molecule has 0 aliphatic carbocycles. The molecule has 23 heavy (non-hydrogen) atoms. The van der Waals surface area contributed by atoms with Crippen LogP contribution in [0, 0.1) is 6.92 Å². The summed E-state index contributed by atoms with van der Waals surface area (Å²) < 4.78 is 32.3. The first-order valence-corrected chi connectivity index (χ1v) is 9.45. The molecule has 0 aliphatic rings. The number of aromatic nitrogens is 2. The van der Waals surface area contributed by atoms with E-state index < -0.39 is 10.0 Å². The second-order valence-electron chi connectivity index (χ2n) is 4.98. The predicted octanol–water partition coefficient (Wildman–Crippen LogP) is 2.73. The van der Waals surface area contributed by atoms with Gasteiger partial charge in [-0.2, -0.15) is 0 Å². The Morgan fingerprint density at radius 1 is 1.17 bits per heavy atom. The molecule has 3 aromatic rings. The first-order chi connectivity index (χ1) is 11.0. The Balaban J connectivity index is 1.64. The van der Waals surface area contributed by atoms with Gasteiger partial charge in [-0.05, 0) is 29.5 Å². The van der Waals surface area contributed by atoms with Crippen LogP contribution in [0.15, 0.2) is 46.2 Å². The average molecular weight is 349 g/mol. The number of thiophene rings is 1. The minimum Gasteiger partial charge on any atom is -0.418 e. The van der Waals surface area contributed by atoms with E-state index in [-0.39, 0.29) is 18.2 Å². The second kappa shape index (κ2) is 6.61. The monoisotopic (exact) mass is 349 g/mol. The van der Waals surface area contributed by atoms with Crippen molar-refractivity contribution in [1.82, 2.24) is 14.9 Å². The molecule has 0 aliphatic heterocycles. The van der Waals surface area contributed by atoms with Crippen molar-refractivity contribution in [3.05, 3.63) is 58.8 Å². The molecule has 2 heterocycles. The molecule has 1 aromatic carbocycles. The fourth-order valence-corrected chi connectivity index (χ4v) is 3.85. The maximum atomic E-state index is 12.2. The quantitative estimate of drug-likeness (QED) is 0.739. The van der Waals surface area contributed by atoms with Gasteiger partial charge in [-0.1, -0.05) is 30.3 Å². The summed E-state index contributed by atoms with van der Waals surface area (Å²) in [5, 5.41) is 9.69. The molecule has 1 N–H and O–H groups in total. The molecule has 0 amide bonds. The van der Waals surface area contributed by atoms with Gasteiger partial charge < -0.3 is 4.42 Å². The maximum absolute atomic E-state index is 12.2. The molecule has 6 nitrogen and oxygen atoms in total. The molecule has 0 fully saturated rings. The van der Waals surface area contributed by atoms with Gasteiger partial charge in [-0.25, -0.2) is 13.1 Å². The van der Waals surface area contributed by atoms with Gasteiger partial charge in [0.15, 0.2) is 0 Å². The lowest BCUT2D eigenvalue weighted by molar-refractivity contribution is 0.495. The fraction of sp³-hybridized carbons (Fsp3) is 0.200. The Bertz CT molecular complexity index is 886. The molecular weight excluding hydrogens is 334 g/mol. The minimum absolute atomic E-state index is 0.0212. The van der Waals surface area contributed by atoms with E-state index in [1.54, 1.807) is 6.07 Å². The smallest absolute Gasteiger partial charge is 0.257 e. The van der Waals surface area contributed by atoms with Crippen LogP contribution in [-0.2, 0) is 22.3 Å². The molecule has 0 radical (unpaired) electrons. The van der Waals surface area contributed by atoms with Crippen LogP contribution >= 0.6 is 11.3 Å². The van der Waals surface area contributed by atoms with Crippen molar-refractivity contribution in [2.45, 2.75) is 19.2 Å². The summed E-state index contributed by atoms with van der Waals surface area (Å²) in [7, 11) is -3.48. The molecule has 0 saturated heterocycles. The Labute approximate surface area is 138 Å². The molecule has 0 saturated carbocycles. The number of hydrogen-bond acceptors (Lipinski definition) is 6. The molecule has 0 unspecified atom stereocenters. The Hall–Kier alpha value is -2.03. The highest BCUT2D eigenvalue weighted by Gasteiger charge is 2.15. The van der Waals surface area contributed by atoms with Gasteiger partial charge in [-0.15, -0.1) is 21.5 Å². The second-order valence-corrected chi connectivity index (χ2v) is 7.74. The first-order valence-electron chi connectivity index (χ1n) is 6.91. The van der Waals surface area contributed by atoms with Crippen LogP contribution in [-0.4, -0.2) is 18.6 Å². The zero-order chi connectivity index (χ0) is 16.3. The van der Waals surface area contributed by atoms with Gasteiger partial charge in [0.05, 0.1) is 17.2 Å². The van der Waals surface area contributed by atoms with Crippen molar-refractivity contribution in [3.8, 4) is 10.8 Å². The lowest BCUT2D eigenvalue weighted by Gasteiger charge is -2.07. The van der Waals surface area contributed by atoms with Gasteiger partial charge in [0.1, 0.15) is 0 Å². The normalized spacial score (nSPS) is 11.7. The summed E-state index contributed by atoms with van der Waals surface area (Å²) in [6.45, 7) is 1.86. The van der Waals surface area contributed by atoms with Gasteiger partial charge in [0.2, 0.25) is 15.9 Å². The van der Waals surface area contributed by atoms with Crippen molar-refractivity contribution >= 4 is 21.4 Å². The highest BCUT2D eigenvalue weighted by Crippen LogP contribution is 2.22. The van der Waals surface area contributed by atoms with E-state index in [4.69, 9.17) is 4.42 Å². The number of nitrogens with one attached hydrogen (secondary N) is 1. The van der Waals surface area contributed by atoms with Crippen LogP contribution < -0.4 is 4.72 Å². The highest BCUT2D eigenvalue weighted by atomic mass is 32.2. The third-order valence-corrected chi connectivity index (χ3v) is 5.38. The Morgan fingerprint density at radius 3 is 2.74 bits per heavy atom. The molecule has 3 rings (SSSR count). The molecule has 0 atom stereocenters. The van der Waals surface area contributed by atoms with Crippen molar-refractivity contribution in [3.63, 3.8) is 0 Å². The van der Waals surface area contributed by atoms with E-state index in [1.807, 2.05) is 42.6 Å². The van der Waals surface area contributed by atoms with E-state index in [1.165, 1.54) is 11.3 Å². The summed E-state index contributed by atoms with van der Waals surface area (Å²) in [6.07, 6.45) is 0. The maximum Gasteiger partial charge on any atom is 0.257 e. The van der Waals surface area contributed by atoms with Gasteiger partial charge in [0.25, 0.3) is 5.89 Å². The van der Waals surface area contributed by atoms with Crippen LogP contribution in [0.1, 0.15) is 17.0 Å². The van der Waals surface area contributed by atoms with Crippen molar-refractivity contribution in [2.24, 2.45) is 0 Å². The van der Waals surface area contributed by atoms with Crippen LogP contribution in [0.3, 0.4) is 0 Å². The molecule has 0 bridgehead atoms. The lowest BCUT2D eigenvalue weighted by atomic mass is 10.1. The zero-order valence-electron chi connectivity index (χ0n) is 12.4. The number of sulfonamides is 1. The summed E-state index contributed by atoms with van der Waals surface area (Å²) in [4.78, 5) is 0.853. The van der Waals surface area contributed by atoms with E-state index in [0.29, 0.717) is 5.89 Å². The van der Waals surface area contributed by atoms with E-state index in [9.17, 15) is 8.42 Å². The van der Waals surface area contributed by atoms with E-state index in [0.717, 1.165) is 16.0 Å². The molecule has 0 spiro atoms. The third kappa shape index (κ3) is 4.04. The van der Waals surface area contributed by atoms with Crippen LogP contribution in [0.4, 0.5) is 0 Å². The van der Waals surface area contributed by atoms with Crippen LogP contribution in [0.2, 0.25) is 0 Å². The number of benzene rings is 1. The standard InChI is InChI=1S/C15H15N3O3S2/c1-11-5-2-3-6-12(11)10-23(19,20)16-9-14-17-18-15(21-14)13-7-4-8-22-13/h2-8,16H,9-10H2,1H3. The largest absolute Gasteiger partial charge is 0.418 e. The van der Waals surface area contributed by atoms with E-state index in [2.05, 4.69) is 14.9 Å². The highest BCUT2D eigenvalue weighted by molar-refractivity contribution is 7.88. The molecule has 2 aromatic heterocycles.